The first-order valence-corrected chi connectivity index (χ1v) is 9.12. The van der Waals surface area contributed by atoms with E-state index in [1.54, 1.807) is 18.2 Å². The number of ketones is 1. The average molecular weight is 386 g/mol. The number of alkyl halides is 1. The van der Waals surface area contributed by atoms with E-state index in [0.29, 0.717) is 17.3 Å². The molecule has 27 heavy (non-hydrogen) atoms. The zero-order valence-corrected chi connectivity index (χ0v) is 15.8. The van der Waals surface area contributed by atoms with E-state index in [2.05, 4.69) is 15.3 Å². The number of imidazole rings is 1. The Morgan fingerprint density at radius 3 is 2.70 bits per heavy atom. The van der Waals surface area contributed by atoms with E-state index in [-0.39, 0.29) is 30.1 Å². The van der Waals surface area contributed by atoms with Gasteiger partial charge in [0.2, 0.25) is 5.95 Å². The van der Waals surface area contributed by atoms with Gasteiger partial charge in [-0.05, 0) is 41.8 Å². The zero-order chi connectivity index (χ0) is 19.4. The summed E-state index contributed by atoms with van der Waals surface area (Å²) in [5.41, 5.74) is 3.00. The predicted octanol–water partition coefficient (Wildman–Crippen LogP) is 4.13. The van der Waals surface area contributed by atoms with Crippen molar-refractivity contribution in [2.45, 2.75) is 19.8 Å². The Bertz CT molecular complexity index is 949. The summed E-state index contributed by atoms with van der Waals surface area (Å²) in [6.45, 7) is 3.82. The molecule has 3 rings (SSSR count). The Labute approximate surface area is 161 Å². The van der Waals surface area contributed by atoms with Crippen LogP contribution >= 0.6 is 11.6 Å². The predicted molar refractivity (Wildman–Crippen MR) is 106 cm³/mol. The number of aromatic amines is 1. The summed E-state index contributed by atoms with van der Waals surface area (Å²) < 4.78 is 5.68. The Morgan fingerprint density at radius 1 is 1.22 bits per heavy atom. The minimum atomic E-state index is -0.329. The number of nitrogens with one attached hydrogen (secondary N) is 2. The number of benzene rings is 2. The van der Waals surface area contributed by atoms with Crippen LogP contribution < -0.4 is 10.1 Å². The smallest absolute Gasteiger partial charge is 0.264 e. The van der Waals surface area contributed by atoms with E-state index in [9.17, 15) is 9.59 Å². The number of carbonyl (C=O) groups excluding carboxylic acids is 2. The van der Waals surface area contributed by atoms with E-state index in [1.165, 1.54) is 0 Å². The van der Waals surface area contributed by atoms with Gasteiger partial charge in [0.05, 0.1) is 16.9 Å². The van der Waals surface area contributed by atoms with Gasteiger partial charge < -0.3 is 9.72 Å². The Kier molecular flexibility index (Phi) is 5.76. The van der Waals surface area contributed by atoms with Crippen LogP contribution in [0.25, 0.3) is 11.0 Å². The number of rotatable bonds is 7. The summed E-state index contributed by atoms with van der Waals surface area (Å²) >= 11 is 5.62. The van der Waals surface area contributed by atoms with Crippen molar-refractivity contribution in [3.05, 3.63) is 53.6 Å². The molecule has 0 unspecified atom stereocenters. The fraction of sp³-hybridized carbons (Fsp3) is 0.250. The normalized spacial score (nSPS) is 11.0. The van der Waals surface area contributed by atoms with Crippen LogP contribution in [0.1, 0.15) is 35.7 Å². The number of H-pyrrole nitrogens is 1. The van der Waals surface area contributed by atoms with Crippen LogP contribution in [-0.4, -0.2) is 34.1 Å². The summed E-state index contributed by atoms with van der Waals surface area (Å²) in [6, 6.07) is 12.6. The number of ether oxygens (including phenoxy) is 1. The topological polar surface area (TPSA) is 84.1 Å². The molecular formula is C20H20ClN3O3. The van der Waals surface area contributed by atoms with Gasteiger partial charge in [-0.2, -0.15) is 0 Å². The van der Waals surface area contributed by atoms with Crippen LogP contribution in [0.15, 0.2) is 42.5 Å². The van der Waals surface area contributed by atoms with Crippen molar-refractivity contribution in [2.75, 3.05) is 17.8 Å². The van der Waals surface area contributed by atoms with Crippen LogP contribution in [0.2, 0.25) is 0 Å². The molecule has 0 bridgehead atoms. The average Bonchev–Trinajstić information content (AvgIpc) is 3.07. The number of Topliss-reactive ketones (excluding diaryl/α,β-unsaturated/α-hetero) is 1. The largest absolute Gasteiger partial charge is 0.483 e. The lowest BCUT2D eigenvalue weighted by Crippen LogP contribution is -2.21. The molecule has 1 heterocycles. The molecule has 7 heteroatoms. The minimum Gasteiger partial charge on any atom is -0.483 e. The van der Waals surface area contributed by atoms with Crippen LogP contribution in [0, 0.1) is 0 Å². The minimum absolute atomic E-state index is 0.0718. The summed E-state index contributed by atoms with van der Waals surface area (Å²) in [5, 5.41) is 2.69. The number of para-hydroxylation sites is 2. The van der Waals surface area contributed by atoms with Crippen molar-refractivity contribution < 1.29 is 14.3 Å². The summed E-state index contributed by atoms with van der Waals surface area (Å²) in [7, 11) is 0. The van der Waals surface area contributed by atoms with Gasteiger partial charge in [0.25, 0.3) is 5.91 Å². The molecule has 0 aliphatic carbocycles. The van der Waals surface area contributed by atoms with E-state index in [4.69, 9.17) is 16.3 Å². The summed E-state index contributed by atoms with van der Waals surface area (Å²) in [6.07, 6.45) is 0. The van der Waals surface area contributed by atoms with Gasteiger partial charge in [0, 0.05) is 5.56 Å². The second-order valence-corrected chi connectivity index (χ2v) is 6.67. The van der Waals surface area contributed by atoms with Crippen LogP contribution in [0.3, 0.4) is 0 Å². The van der Waals surface area contributed by atoms with E-state index in [0.717, 1.165) is 16.6 Å². The standard InChI is InChI=1S/C20H20ClN3O3/c1-12(2)14-9-13(17(25)10-21)7-8-18(14)27-11-19(26)24-20-22-15-5-3-4-6-16(15)23-20/h3-9,12H,10-11H2,1-2H3,(H2,22,23,24,26). The van der Waals surface area contributed by atoms with Crippen LogP contribution in [0.4, 0.5) is 5.95 Å². The highest BCUT2D eigenvalue weighted by molar-refractivity contribution is 6.30. The first-order chi connectivity index (χ1) is 13.0. The monoisotopic (exact) mass is 385 g/mol. The molecule has 0 aliphatic heterocycles. The molecule has 0 saturated heterocycles. The van der Waals surface area contributed by atoms with Gasteiger partial charge in [0.15, 0.2) is 12.4 Å². The maximum absolute atomic E-state index is 12.2. The number of hydrogen-bond acceptors (Lipinski definition) is 4. The van der Waals surface area contributed by atoms with E-state index >= 15 is 0 Å². The lowest BCUT2D eigenvalue weighted by molar-refractivity contribution is -0.118. The molecule has 0 atom stereocenters. The fourth-order valence-electron chi connectivity index (χ4n) is 2.71. The third kappa shape index (κ3) is 4.46. The van der Waals surface area contributed by atoms with Crippen molar-refractivity contribution in [1.29, 1.82) is 0 Å². The van der Waals surface area contributed by atoms with Gasteiger partial charge in [-0.3, -0.25) is 14.9 Å². The number of nitrogens with zero attached hydrogens (tertiary/aromatic N) is 1. The molecule has 3 aromatic rings. The quantitative estimate of drug-likeness (QED) is 0.473. The van der Waals surface area contributed by atoms with Crippen molar-refractivity contribution in [3.63, 3.8) is 0 Å². The Morgan fingerprint density at radius 2 is 2.00 bits per heavy atom. The Balaban J connectivity index is 1.68. The van der Waals surface area contributed by atoms with Gasteiger partial charge >= 0.3 is 0 Å². The number of halogens is 1. The highest BCUT2D eigenvalue weighted by Gasteiger charge is 2.14. The zero-order valence-electron chi connectivity index (χ0n) is 15.1. The number of amides is 1. The highest BCUT2D eigenvalue weighted by atomic mass is 35.5. The van der Waals surface area contributed by atoms with E-state index in [1.807, 2.05) is 38.1 Å². The van der Waals surface area contributed by atoms with Crippen molar-refractivity contribution in [3.8, 4) is 5.75 Å². The maximum Gasteiger partial charge on any atom is 0.264 e. The fourth-order valence-corrected chi connectivity index (χ4v) is 2.86. The maximum atomic E-state index is 12.2. The van der Waals surface area contributed by atoms with E-state index < -0.39 is 0 Å². The van der Waals surface area contributed by atoms with Crippen LogP contribution in [0.5, 0.6) is 5.75 Å². The molecule has 0 radical (unpaired) electrons. The number of aromatic nitrogens is 2. The molecule has 1 amide bonds. The van der Waals surface area contributed by atoms with Gasteiger partial charge in [0.1, 0.15) is 5.75 Å². The molecule has 140 valence electrons. The SMILES string of the molecule is CC(C)c1cc(C(=O)CCl)ccc1OCC(=O)Nc1nc2ccccc2[nH]1. The third-order valence-electron chi connectivity index (χ3n) is 4.08. The molecular weight excluding hydrogens is 366 g/mol. The Hall–Kier alpha value is -2.86. The number of anilines is 1. The first-order valence-electron chi connectivity index (χ1n) is 8.58. The molecule has 2 aromatic carbocycles. The molecule has 0 saturated carbocycles. The molecule has 2 N–H and O–H groups in total. The van der Waals surface area contributed by atoms with Gasteiger partial charge in [-0.25, -0.2) is 4.98 Å². The van der Waals surface area contributed by atoms with Crippen LogP contribution in [-0.2, 0) is 4.79 Å². The molecule has 0 fully saturated rings. The first kappa shape index (κ1) is 18.9. The summed E-state index contributed by atoms with van der Waals surface area (Å²) in [5.74, 6) is 0.518. The molecule has 1 aromatic heterocycles. The third-order valence-corrected chi connectivity index (χ3v) is 4.32. The molecule has 0 spiro atoms. The van der Waals surface area contributed by atoms with Crippen molar-refractivity contribution in [1.82, 2.24) is 9.97 Å². The number of fused-ring (bicyclic) bond motifs is 1. The summed E-state index contributed by atoms with van der Waals surface area (Å²) in [4.78, 5) is 31.3. The number of hydrogen-bond donors (Lipinski definition) is 2. The second kappa shape index (κ2) is 8.22. The molecule has 6 nitrogen and oxygen atoms in total. The van der Waals surface area contributed by atoms with Gasteiger partial charge in [-0.15, -0.1) is 11.6 Å². The lowest BCUT2D eigenvalue weighted by atomic mass is 9.98. The van der Waals surface area contributed by atoms with Gasteiger partial charge in [-0.1, -0.05) is 26.0 Å². The number of carbonyl (C=O) groups is 2. The highest BCUT2D eigenvalue weighted by Crippen LogP contribution is 2.28. The molecule has 0 aliphatic rings. The lowest BCUT2D eigenvalue weighted by Gasteiger charge is -2.15. The van der Waals surface area contributed by atoms with Crippen molar-refractivity contribution >= 4 is 40.3 Å². The van der Waals surface area contributed by atoms with Crippen molar-refractivity contribution in [2.24, 2.45) is 0 Å². The second-order valence-electron chi connectivity index (χ2n) is 6.40.